The third kappa shape index (κ3) is 3.47. The maximum absolute atomic E-state index is 5.82. The summed E-state index contributed by atoms with van der Waals surface area (Å²) in [6, 6.07) is 9.88. The Morgan fingerprint density at radius 2 is 1.85 bits per heavy atom. The van der Waals surface area contributed by atoms with E-state index in [2.05, 4.69) is 48.2 Å². The molecule has 0 fully saturated rings. The van der Waals surface area contributed by atoms with E-state index in [-0.39, 0.29) is 5.92 Å². The Labute approximate surface area is 120 Å². The zero-order chi connectivity index (χ0) is 14.5. The summed E-state index contributed by atoms with van der Waals surface area (Å²) in [5.74, 6) is 3.16. The van der Waals surface area contributed by atoms with Crippen molar-refractivity contribution in [3.8, 4) is 11.6 Å². The van der Waals surface area contributed by atoms with Gasteiger partial charge in [-0.2, -0.15) is 4.98 Å². The molecule has 0 radical (unpaired) electrons. The van der Waals surface area contributed by atoms with Crippen LogP contribution in [0.1, 0.15) is 38.1 Å². The van der Waals surface area contributed by atoms with Crippen LogP contribution in [0.4, 0.5) is 5.82 Å². The third-order valence-corrected chi connectivity index (χ3v) is 3.05. The Morgan fingerprint density at radius 1 is 1.15 bits per heavy atom. The van der Waals surface area contributed by atoms with Gasteiger partial charge in [-0.25, -0.2) is 4.98 Å². The molecule has 1 N–H and O–H groups in total. The zero-order valence-corrected chi connectivity index (χ0v) is 12.5. The van der Waals surface area contributed by atoms with Crippen molar-refractivity contribution in [3.05, 3.63) is 41.7 Å². The SMILES string of the molecule is CCc1ccc(Oc2cc(NC)nc(C(C)C)n2)cc1. The first-order valence-electron chi connectivity index (χ1n) is 6.96. The minimum absolute atomic E-state index is 0.258. The fourth-order valence-electron chi connectivity index (χ4n) is 1.80. The Hall–Kier alpha value is -2.10. The van der Waals surface area contributed by atoms with Gasteiger partial charge in [-0.15, -0.1) is 0 Å². The van der Waals surface area contributed by atoms with Crippen molar-refractivity contribution in [3.63, 3.8) is 0 Å². The van der Waals surface area contributed by atoms with Crippen LogP contribution < -0.4 is 10.1 Å². The van der Waals surface area contributed by atoms with Crippen LogP contribution in [0.15, 0.2) is 30.3 Å². The molecule has 1 aromatic heterocycles. The smallest absolute Gasteiger partial charge is 0.224 e. The van der Waals surface area contributed by atoms with Crippen LogP contribution in [0.5, 0.6) is 11.6 Å². The summed E-state index contributed by atoms with van der Waals surface area (Å²) < 4.78 is 5.82. The van der Waals surface area contributed by atoms with E-state index in [9.17, 15) is 0 Å². The minimum atomic E-state index is 0.258. The van der Waals surface area contributed by atoms with Gasteiger partial charge in [0.2, 0.25) is 5.88 Å². The molecular weight excluding hydrogens is 250 g/mol. The van der Waals surface area contributed by atoms with Crippen LogP contribution >= 0.6 is 0 Å². The van der Waals surface area contributed by atoms with Gasteiger partial charge < -0.3 is 10.1 Å². The molecule has 0 aliphatic heterocycles. The number of rotatable bonds is 5. The van der Waals surface area contributed by atoms with Crippen molar-refractivity contribution in [2.24, 2.45) is 0 Å². The highest BCUT2D eigenvalue weighted by Crippen LogP contribution is 2.24. The summed E-state index contributed by atoms with van der Waals surface area (Å²) in [5, 5.41) is 3.04. The number of ether oxygens (including phenoxy) is 1. The van der Waals surface area contributed by atoms with Gasteiger partial charge in [-0.05, 0) is 24.1 Å². The maximum Gasteiger partial charge on any atom is 0.224 e. The monoisotopic (exact) mass is 271 g/mol. The van der Waals surface area contributed by atoms with Gasteiger partial charge in [0.25, 0.3) is 0 Å². The maximum atomic E-state index is 5.82. The second kappa shape index (κ2) is 6.37. The predicted molar refractivity (Wildman–Crippen MR) is 81.6 cm³/mol. The first-order chi connectivity index (χ1) is 9.62. The largest absolute Gasteiger partial charge is 0.439 e. The highest BCUT2D eigenvalue weighted by Gasteiger charge is 2.09. The number of hydrogen-bond donors (Lipinski definition) is 1. The van der Waals surface area contributed by atoms with Crippen LogP contribution in [0.25, 0.3) is 0 Å². The molecule has 4 heteroatoms. The third-order valence-electron chi connectivity index (χ3n) is 3.05. The van der Waals surface area contributed by atoms with Crippen LogP contribution in [0.3, 0.4) is 0 Å². The molecule has 4 nitrogen and oxygen atoms in total. The number of benzene rings is 1. The van der Waals surface area contributed by atoms with Gasteiger partial charge in [-0.3, -0.25) is 0 Å². The molecule has 0 amide bonds. The Morgan fingerprint density at radius 3 is 2.40 bits per heavy atom. The number of aryl methyl sites for hydroxylation is 1. The van der Waals surface area contributed by atoms with Crippen LogP contribution in [-0.4, -0.2) is 17.0 Å². The molecule has 1 aromatic carbocycles. The highest BCUT2D eigenvalue weighted by molar-refractivity contribution is 5.40. The quantitative estimate of drug-likeness (QED) is 0.893. The van der Waals surface area contributed by atoms with E-state index in [4.69, 9.17) is 4.74 Å². The van der Waals surface area contributed by atoms with E-state index in [0.29, 0.717) is 5.88 Å². The van der Waals surface area contributed by atoms with Crippen molar-refractivity contribution >= 4 is 5.82 Å². The van der Waals surface area contributed by atoms with Crippen molar-refractivity contribution in [2.75, 3.05) is 12.4 Å². The van der Waals surface area contributed by atoms with Crippen molar-refractivity contribution < 1.29 is 4.74 Å². The summed E-state index contributed by atoms with van der Waals surface area (Å²) in [5.41, 5.74) is 1.29. The second-order valence-corrected chi connectivity index (χ2v) is 4.95. The number of anilines is 1. The average molecular weight is 271 g/mol. The lowest BCUT2D eigenvalue weighted by Gasteiger charge is -2.11. The first kappa shape index (κ1) is 14.3. The molecule has 0 atom stereocenters. The molecule has 0 aliphatic carbocycles. The van der Waals surface area contributed by atoms with Gasteiger partial charge in [-0.1, -0.05) is 32.9 Å². The van der Waals surface area contributed by atoms with E-state index in [1.54, 1.807) is 6.07 Å². The van der Waals surface area contributed by atoms with E-state index in [1.165, 1.54) is 5.56 Å². The fourth-order valence-corrected chi connectivity index (χ4v) is 1.80. The van der Waals surface area contributed by atoms with E-state index in [0.717, 1.165) is 23.8 Å². The van der Waals surface area contributed by atoms with Crippen LogP contribution in [0, 0.1) is 0 Å². The van der Waals surface area contributed by atoms with Crippen LogP contribution in [0.2, 0.25) is 0 Å². The molecule has 0 unspecified atom stereocenters. The lowest BCUT2D eigenvalue weighted by atomic mass is 10.2. The fraction of sp³-hybridized carbons (Fsp3) is 0.375. The summed E-state index contributed by atoms with van der Waals surface area (Å²) in [6.45, 7) is 6.26. The number of hydrogen-bond acceptors (Lipinski definition) is 4. The lowest BCUT2D eigenvalue weighted by Crippen LogP contribution is -2.03. The van der Waals surface area contributed by atoms with Gasteiger partial charge in [0.1, 0.15) is 17.4 Å². The van der Waals surface area contributed by atoms with E-state index < -0.39 is 0 Å². The average Bonchev–Trinajstić information content (AvgIpc) is 2.47. The molecule has 1 heterocycles. The molecule has 0 spiro atoms. The number of nitrogens with one attached hydrogen (secondary N) is 1. The Bertz CT molecular complexity index is 564. The predicted octanol–water partition coefficient (Wildman–Crippen LogP) is 4.00. The molecule has 106 valence electrons. The Balaban J connectivity index is 2.24. The molecule has 0 aliphatic rings. The summed E-state index contributed by atoms with van der Waals surface area (Å²) >= 11 is 0. The summed E-state index contributed by atoms with van der Waals surface area (Å²) in [6.07, 6.45) is 1.02. The molecular formula is C16H21N3O. The normalized spacial score (nSPS) is 10.7. The molecule has 2 rings (SSSR count). The van der Waals surface area contributed by atoms with Crippen LogP contribution in [-0.2, 0) is 6.42 Å². The zero-order valence-electron chi connectivity index (χ0n) is 12.5. The van der Waals surface area contributed by atoms with Gasteiger partial charge in [0, 0.05) is 19.0 Å². The van der Waals surface area contributed by atoms with Gasteiger partial charge >= 0.3 is 0 Å². The van der Waals surface area contributed by atoms with E-state index >= 15 is 0 Å². The minimum Gasteiger partial charge on any atom is -0.439 e. The molecule has 0 saturated carbocycles. The number of aromatic nitrogens is 2. The summed E-state index contributed by atoms with van der Waals surface area (Å²) in [7, 11) is 1.84. The first-order valence-corrected chi connectivity index (χ1v) is 6.96. The van der Waals surface area contributed by atoms with E-state index in [1.807, 2.05) is 19.2 Å². The lowest BCUT2D eigenvalue weighted by molar-refractivity contribution is 0.457. The van der Waals surface area contributed by atoms with Crippen molar-refractivity contribution in [1.82, 2.24) is 9.97 Å². The summed E-state index contributed by atoms with van der Waals surface area (Å²) in [4.78, 5) is 8.86. The molecule has 20 heavy (non-hydrogen) atoms. The molecule has 0 saturated heterocycles. The molecule has 0 bridgehead atoms. The van der Waals surface area contributed by atoms with Gasteiger partial charge in [0.05, 0.1) is 0 Å². The van der Waals surface area contributed by atoms with Crippen molar-refractivity contribution in [2.45, 2.75) is 33.1 Å². The molecule has 2 aromatic rings. The Kier molecular flexibility index (Phi) is 4.56. The number of nitrogens with zero attached hydrogens (tertiary/aromatic N) is 2. The van der Waals surface area contributed by atoms with Crippen molar-refractivity contribution in [1.29, 1.82) is 0 Å². The topological polar surface area (TPSA) is 47.0 Å². The highest BCUT2D eigenvalue weighted by atomic mass is 16.5. The standard InChI is InChI=1S/C16H21N3O/c1-5-12-6-8-13(9-7-12)20-15-10-14(17-4)18-16(19-15)11(2)3/h6-11H,5H2,1-4H3,(H,17,18,19). The second-order valence-electron chi connectivity index (χ2n) is 4.95. The van der Waals surface area contributed by atoms with Gasteiger partial charge in [0.15, 0.2) is 0 Å².